The Morgan fingerprint density at radius 1 is 1.21 bits per heavy atom. The minimum Gasteiger partial charge on any atom is -0.368 e. The Morgan fingerprint density at radius 2 is 1.88 bits per heavy atom. The van der Waals surface area contributed by atoms with Gasteiger partial charge in [0.05, 0.1) is 6.04 Å². The first-order valence-corrected chi connectivity index (χ1v) is 8.84. The van der Waals surface area contributed by atoms with E-state index in [0.717, 1.165) is 38.9 Å². The third kappa shape index (κ3) is 3.61. The van der Waals surface area contributed by atoms with Crippen LogP contribution in [0.15, 0.2) is 30.3 Å². The Bertz CT molecular complexity index is 594. The lowest BCUT2D eigenvalue weighted by Crippen LogP contribution is -2.54. The second-order valence-corrected chi connectivity index (χ2v) is 7.35. The van der Waals surface area contributed by atoms with Gasteiger partial charge in [-0.25, -0.2) is 0 Å². The van der Waals surface area contributed by atoms with Crippen molar-refractivity contribution >= 4 is 11.8 Å². The molecule has 1 spiro atoms. The Morgan fingerprint density at radius 3 is 2.50 bits per heavy atom. The third-order valence-electron chi connectivity index (χ3n) is 5.78. The zero-order chi connectivity index (χ0) is 17.2. The maximum atomic E-state index is 12.3. The summed E-state index contributed by atoms with van der Waals surface area (Å²) in [6.07, 6.45) is 3.67. The van der Waals surface area contributed by atoms with Crippen LogP contribution in [-0.4, -0.2) is 47.3 Å². The highest BCUT2D eigenvalue weighted by Crippen LogP contribution is 2.40. The van der Waals surface area contributed by atoms with Crippen molar-refractivity contribution in [2.45, 2.75) is 45.2 Å². The first-order valence-electron chi connectivity index (χ1n) is 8.84. The molecule has 5 nitrogen and oxygen atoms in total. The number of benzene rings is 1. The molecule has 2 saturated heterocycles. The van der Waals surface area contributed by atoms with Crippen molar-refractivity contribution in [1.82, 2.24) is 9.80 Å². The number of nitrogens with two attached hydrogens (primary N) is 1. The first-order chi connectivity index (χ1) is 11.5. The molecule has 2 N–H and O–H groups in total. The lowest BCUT2D eigenvalue weighted by atomic mass is 9.72. The standard InChI is InChI=1S/C19H27N3O2/c1-15(18(20)24)21-11-9-19(10-12-21)8-7-17(23)22(14-19)13-16-5-3-2-4-6-16/h2-6,15H,7-14H2,1H3,(H2,20,24)/t15-/m0/s1. The van der Waals surface area contributed by atoms with Crippen molar-refractivity contribution in [3.05, 3.63) is 35.9 Å². The summed E-state index contributed by atoms with van der Waals surface area (Å²) in [6, 6.07) is 9.98. The molecular weight excluding hydrogens is 302 g/mol. The fraction of sp³-hybridized carbons (Fsp3) is 0.579. The predicted octanol–water partition coefficient (Wildman–Crippen LogP) is 1.76. The summed E-state index contributed by atoms with van der Waals surface area (Å²) in [5.41, 5.74) is 6.82. The summed E-state index contributed by atoms with van der Waals surface area (Å²) in [6.45, 7) is 5.18. The van der Waals surface area contributed by atoms with Gasteiger partial charge in [-0.3, -0.25) is 14.5 Å². The smallest absolute Gasteiger partial charge is 0.234 e. The monoisotopic (exact) mass is 329 g/mol. The molecule has 0 saturated carbocycles. The summed E-state index contributed by atoms with van der Waals surface area (Å²) >= 11 is 0. The van der Waals surface area contributed by atoms with Gasteiger partial charge in [0.15, 0.2) is 0 Å². The van der Waals surface area contributed by atoms with Gasteiger partial charge in [-0.05, 0) is 50.3 Å². The van der Waals surface area contributed by atoms with Crippen LogP contribution in [-0.2, 0) is 16.1 Å². The van der Waals surface area contributed by atoms with E-state index >= 15 is 0 Å². The van der Waals surface area contributed by atoms with Crippen molar-refractivity contribution in [2.75, 3.05) is 19.6 Å². The molecule has 0 bridgehead atoms. The molecule has 5 heteroatoms. The Balaban J connectivity index is 1.63. The third-order valence-corrected chi connectivity index (χ3v) is 5.78. The van der Waals surface area contributed by atoms with E-state index < -0.39 is 0 Å². The van der Waals surface area contributed by atoms with Crippen LogP contribution in [0.3, 0.4) is 0 Å². The molecule has 1 aromatic carbocycles. The number of carbonyl (C=O) groups excluding carboxylic acids is 2. The van der Waals surface area contributed by atoms with Gasteiger partial charge in [-0.15, -0.1) is 0 Å². The highest BCUT2D eigenvalue weighted by molar-refractivity contribution is 5.79. The van der Waals surface area contributed by atoms with Crippen molar-refractivity contribution in [3.63, 3.8) is 0 Å². The second kappa shape index (κ2) is 6.93. The molecule has 0 radical (unpaired) electrons. The number of nitrogens with zero attached hydrogens (tertiary/aromatic N) is 2. The number of likely N-dealkylation sites (tertiary alicyclic amines) is 2. The Kier molecular flexibility index (Phi) is 4.90. The van der Waals surface area contributed by atoms with Gasteiger partial charge < -0.3 is 10.6 Å². The van der Waals surface area contributed by atoms with Gasteiger partial charge >= 0.3 is 0 Å². The highest BCUT2D eigenvalue weighted by Gasteiger charge is 2.41. The number of hydrogen-bond donors (Lipinski definition) is 1. The van der Waals surface area contributed by atoms with E-state index in [9.17, 15) is 9.59 Å². The van der Waals surface area contributed by atoms with Crippen LogP contribution >= 0.6 is 0 Å². The molecule has 24 heavy (non-hydrogen) atoms. The van der Waals surface area contributed by atoms with Crippen LogP contribution in [0.4, 0.5) is 0 Å². The van der Waals surface area contributed by atoms with Gasteiger partial charge in [0.1, 0.15) is 0 Å². The molecule has 0 aromatic heterocycles. The van der Waals surface area contributed by atoms with Crippen LogP contribution in [0.25, 0.3) is 0 Å². The number of rotatable bonds is 4. The fourth-order valence-corrected chi connectivity index (χ4v) is 4.02. The Hall–Kier alpha value is -1.88. The second-order valence-electron chi connectivity index (χ2n) is 7.35. The van der Waals surface area contributed by atoms with Crippen LogP contribution in [0.2, 0.25) is 0 Å². The molecule has 2 aliphatic rings. The van der Waals surface area contributed by atoms with E-state index in [1.807, 2.05) is 30.0 Å². The summed E-state index contributed by atoms with van der Waals surface area (Å²) < 4.78 is 0. The lowest BCUT2D eigenvalue weighted by molar-refractivity contribution is -0.140. The summed E-state index contributed by atoms with van der Waals surface area (Å²) in [7, 11) is 0. The predicted molar refractivity (Wildman–Crippen MR) is 93.0 cm³/mol. The van der Waals surface area contributed by atoms with Crippen LogP contribution < -0.4 is 5.73 Å². The van der Waals surface area contributed by atoms with Crippen LogP contribution in [0.1, 0.15) is 38.2 Å². The number of hydrogen-bond acceptors (Lipinski definition) is 3. The molecule has 1 atom stereocenters. The Labute approximate surface area is 143 Å². The maximum absolute atomic E-state index is 12.3. The molecule has 2 heterocycles. The minimum atomic E-state index is -0.254. The minimum absolute atomic E-state index is 0.201. The van der Waals surface area contributed by atoms with Gasteiger partial charge in [0.25, 0.3) is 0 Å². The van der Waals surface area contributed by atoms with Crippen molar-refractivity contribution < 1.29 is 9.59 Å². The molecule has 1 aromatic rings. The molecule has 130 valence electrons. The number of carbonyl (C=O) groups is 2. The quantitative estimate of drug-likeness (QED) is 0.915. The SMILES string of the molecule is C[C@@H](C(N)=O)N1CCC2(CCC(=O)N(Cc3ccccc3)C2)CC1. The van der Waals surface area contributed by atoms with E-state index in [1.165, 1.54) is 5.56 Å². The summed E-state index contributed by atoms with van der Waals surface area (Å²) in [4.78, 5) is 27.9. The number of piperidine rings is 2. The van der Waals surface area contributed by atoms with Gasteiger partial charge in [-0.1, -0.05) is 30.3 Å². The van der Waals surface area contributed by atoms with Gasteiger partial charge in [0.2, 0.25) is 11.8 Å². The van der Waals surface area contributed by atoms with Crippen LogP contribution in [0, 0.1) is 5.41 Å². The van der Waals surface area contributed by atoms with E-state index in [-0.39, 0.29) is 23.3 Å². The van der Waals surface area contributed by atoms with E-state index in [1.54, 1.807) is 0 Å². The van der Waals surface area contributed by atoms with Crippen molar-refractivity contribution in [1.29, 1.82) is 0 Å². The lowest BCUT2D eigenvalue weighted by Gasteiger charge is -2.48. The average Bonchev–Trinajstić information content (AvgIpc) is 2.59. The molecule has 2 aliphatic heterocycles. The maximum Gasteiger partial charge on any atom is 0.234 e. The zero-order valence-corrected chi connectivity index (χ0v) is 14.4. The molecule has 0 unspecified atom stereocenters. The van der Waals surface area contributed by atoms with Gasteiger partial charge in [-0.2, -0.15) is 0 Å². The first kappa shape index (κ1) is 17.0. The molecule has 0 aliphatic carbocycles. The molecule has 2 amide bonds. The van der Waals surface area contributed by atoms with Crippen molar-refractivity contribution in [2.24, 2.45) is 11.1 Å². The highest BCUT2D eigenvalue weighted by atomic mass is 16.2. The average molecular weight is 329 g/mol. The summed E-state index contributed by atoms with van der Waals surface area (Å²) in [5.74, 6) is 0.00730. The topological polar surface area (TPSA) is 66.6 Å². The molecular formula is C19H27N3O2. The zero-order valence-electron chi connectivity index (χ0n) is 14.4. The summed E-state index contributed by atoms with van der Waals surface area (Å²) in [5, 5.41) is 0. The fourth-order valence-electron chi connectivity index (χ4n) is 4.02. The van der Waals surface area contributed by atoms with Crippen LogP contribution in [0.5, 0.6) is 0 Å². The normalized spacial score (nSPS) is 22.5. The number of amides is 2. The molecule has 2 fully saturated rings. The van der Waals surface area contributed by atoms with E-state index in [4.69, 9.17) is 5.73 Å². The van der Waals surface area contributed by atoms with E-state index in [0.29, 0.717) is 13.0 Å². The van der Waals surface area contributed by atoms with Crippen molar-refractivity contribution in [3.8, 4) is 0 Å². The van der Waals surface area contributed by atoms with Gasteiger partial charge in [0, 0.05) is 19.5 Å². The number of primary amides is 1. The molecule has 3 rings (SSSR count). The van der Waals surface area contributed by atoms with E-state index in [2.05, 4.69) is 17.0 Å². The largest absolute Gasteiger partial charge is 0.368 e.